The topological polar surface area (TPSA) is 67.9 Å². The number of methoxy groups -OCH3 is 2. The highest BCUT2D eigenvalue weighted by Crippen LogP contribution is 2.24. The highest BCUT2D eigenvalue weighted by atomic mass is 32.2. The van der Waals surface area contributed by atoms with Gasteiger partial charge in [0.05, 0.1) is 20.0 Å². The second-order valence-corrected chi connectivity index (χ2v) is 6.76. The van der Waals surface area contributed by atoms with Gasteiger partial charge in [0.15, 0.2) is 0 Å². The molecular formula is C13H22N2O4S. The molecule has 1 aromatic rings. The van der Waals surface area contributed by atoms with Gasteiger partial charge in [-0.15, -0.1) is 0 Å². The van der Waals surface area contributed by atoms with Crippen molar-refractivity contribution >= 4 is 10.0 Å². The molecule has 7 heteroatoms. The maximum atomic E-state index is 11.6. The third-order valence-corrected chi connectivity index (χ3v) is 4.74. The maximum absolute atomic E-state index is 11.6. The zero-order chi connectivity index (χ0) is 15.2. The molecule has 0 heterocycles. The van der Waals surface area contributed by atoms with Gasteiger partial charge in [-0.3, -0.25) is 0 Å². The van der Waals surface area contributed by atoms with E-state index in [4.69, 9.17) is 9.47 Å². The van der Waals surface area contributed by atoms with Crippen LogP contribution in [-0.4, -0.2) is 53.3 Å². The molecule has 6 nitrogen and oxygen atoms in total. The highest BCUT2D eigenvalue weighted by molar-refractivity contribution is 7.89. The van der Waals surface area contributed by atoms with Crippen molar-refractivity contribution in [3.05, 3.63) is 23.8 Å². The molecule has 0 spiro atoms. The van der Waals surface area contributed by atoms with Gasteiger partial charge in [-0.25, -0.2) is 12.7 Å². The van der Waals surface area contributed by atoms with E-state index in [1.807, 2.05) is 12.1 Å². The second-order valence-electron chi connectivity index (χ2n) is 4.45. The summed E-state index contributed by atoms with van der Waals surface area (Å²) in [6.45, 7) is 0.922. The third kappa shape index (κ3) is 4.66. The summed E-state index contributed by atoms with van der Waals surface area (Å²) in [4.78, 5) is 0. The molecule has 114 valence electrons. The Labute approximate surface area is 120 Å². The van der Waals surface area contributed by atoms with Crippen molar-refractivity contribution in [2.45, 2.75) is 6.54 Å². The van der Waals surface area contributed by atoms with Crippen LogP contribution in [0.25, 0.3) is 0 Å². The Bertz CT molecular complexity index is 529. The number of nitrogens with one attached hydrogen (secondary N) is 1. The number of hydrogen-bond acceptors (Lipinski definition) is 5. The molecule has 0 saturated carbocycles. The fourth-order valence-electron chi connectivity index (χ4n) is 1.60. The van der Waals surface area contributed by atoms with Gasteiger partial charge in [0.25, 0.3) is 0 Å². The van der Waals surface area contributed by atoms with Crippen LogP contribution in [-0.2, 0) is 16.6 Å². The second kappa shape index (κ2) is 7.47. The lowest BCUT2D eigenvalue weighted by Gasteiger charge is -2.13. The zero-order valence-corrected chi connectivity index (χ0v) is 13.2. The van der Waals surface area contributed by atoms with E-state index in [9.17, 15) is 8.42 Å². The van der Waals surface area contributed by atoms with E-state index in [0.717, 1.165) is 11.3 Å². The largest absolute Gasteiger partial charge is 0.497 e. The van der Waals surface area contributed by atoms with Gasteiger partial charge in [-0.1, -0.05) is 6.07 Å². The lowest BCUT2D eigenvalue weighted by Crippen LogP contribution is -2.31. The van der Waals surface area contributed by atoms with Crippen molar-refractivity contribution in [3.8, 4) is 11.5 Å². The van der Waals surface area contributed by atoms with Crippen molar-refractivity contribution in [3.63, 3.8) is 0 Å². The minimum atomic E-state index is -3.16. The van der Waals surface area contributed by atoms with Crippen molar-refractivity contribution in [1.29, 1.82) is 0 Å². The lowest BCUT2D eigenvalue weighted by atomic mass is 10.2. The molecule has 0 atom stereocenters. The third-order valence-electron chi connectivity index (χ3n) is 2.90. The summed E-state index contributed by atoms with van der Waals surface area (Å²) in [6, 6.07) is 5.54. The molecule has 0 fully saturated rings. The average molecular weight is 302 g/mol. The number of ether oxygens (including phenoxy) is 2. The molecule has 1 aromatic carbocycles. The average Bonchev–Trinajstić information content (AvgIpc) is 2.43. The Hall–Kier alpha value is -1.31. The Balaban J connectivity index is 2.54. The van der Waals surface area contributed by atoms with Gasteiger partial charge >= 0.3 is 0 Å². The van der Waals surface area contributed by atoms with E-state index in [0.29, 0.717) is 18.8 Å². The summed E-state index contributed by atoms with van der Waals surface area (Å²) in [6.07, 6.45) is 0. The van der Waals surface area contributed by atoms with Gasteiger partial charge in [-0.2, -0.15) is 0 Å². The summed E-state index contributed by atoms with van der Waals surface area (Å²) in [7, 11) is 3.09. The van der Waals surface area contributed by atoms with Crippen LogP contribution in [0.2, 0.25) is 0 Å². The monoisotopic (exact) mass is 302 g/mol. The summed E-state index contributed by atoms with van der Waals surface area (Å²) in [5.74, 6) is 1.51. The zero-order valence-electron chi connectivity index (χ0n) is 12.3. The molecule has 0 amide bonds. The fraction of sp³-hybridized carbons (Fsp3) is 0.538. The number of nitrogens with zero attached hydrogens (tertiary/aromatic N) is 1. The first-order chi connectivity index (χ1) is 9.40. The molecule has 0 aliphatic heterocycles. The number of rotatable bonds is 8. The van der Waals surface area contributed by atoms with Crippen LogP contribution < -0.4 is 14.8 Å². The van der Waals surface area contributed by atoms with E-state index < -0.39 is 10.0 Å². The van der Waals surface area contributed by atoms with Gasteiger partial charge in [0.2, 0.25) is 10.0 Å². The molecule has 0 bridgehead atoms. The van der Waals surface area contributed by atoms with Crippen LogP contribution in [0.1, 0.15) is 5.56 Å². The normalized spacial score (nSPS) is 11.7. The SMILES string of the molecule is COc1ccc(CNCCS(=O)(=O)N(C)C)c(OC)c1. The van der Waals surface area contributed by atoms with Crippen molar-refractivity contribution in [2.24, 2.45) is 0 Å². The summed E-state index contributed by atoms with van der Waals surface area (Å²) in [5, 5.41) is 3.10. The van der Waals surface area contributed by atoms with Crippen LogP contribution in [0.5, 0.6) is 11.5 Å². The molecule has 0 aliphatic carbocycles. The first-order valence-electron chi connectivity index (χ1n) is 6.22. The minimum absolute atomic E-state index is 0.0679. The molecule has 1 N–H and O–H groups in total. The Morgan fingerprint density at radius 3 is 2.45 bits per heavy atom. The number of hydrogen-bond donors (Lipinski definition) is 1. The Morgan fingerprint density at radius 1 is 1.20 bits per heavy atom. The van der Waals surface area contributed by atoms with Crippen molar-refractivity contribution in [2.75, 3.05) is 40.6 Å². The quantitative estimate of drug-likeness (QED) is 0.716. The van der Waals surface area contributed by atoms with Crippen LogP contribution in [0, 0.1) is 0 Å². The van der Waals surface area contributed by atoms with Gasteiger partial charge < -0.3 is 14.8 Å². The molecule has 0 unspecified atom stereocenters. The van der Waals surface area contributed by atoms with Crippen LogP contribution in [0.15, 0.2) is 18.2 Å². The first-order valence-corrected chi connectivity index (χ1v) is 7.83. The minimum Gasteiger partial charge on any atom is -0.497 e. The van der Waals surface area contributed by atoms with Crippen LogP contribution in [0.4, 0.5) is 0 Å². The number of benzene rings is 1. The summed E-state index contributed by atoms with van der Waals surface area (Å²) in [5.41, 5.74) is 0.954. The summed E-state index contributed by atoms with van der Waals surface area (Å²) < 4.78 is 34.8. The highest BCUT2D eigenvalue weighted by Gasteiger charge is 2.12. The Kier molecular flexibility index (Phi) is 6.25. The molecule has 0 aliphatic rings. The molecule has 1 rings (SSSR count). The lowest BCUT2D eigenvalue weighted by molar-refractivity contribution is 0.390. The van der Waals surface area contributed by atoms with Gasteiger partial charge in [0.1, 0.15) is 11.5 Å². The molecular weight excluding hydrogens is 280 g/mol. The van der Waals surface area contributed by atoms with Gasteiger partial charge in [0, 0.05) is 38.8 Å². The predicted molar refractivity (Wildman–Crippen MR) is 78.7 cm³/mol. The first kappa shape index (κ1) is 16.7. The van der Waals surface area contributed by atoms with Crippen molar-refractivity contribution in [1.82, 2.24) is 9.62 Å². The van der Waals surface area contributed by atoms with Crippen LogP contribution in [0.3, 0.4) is 0 Å². The smallest absolute Gasteiger partial charge is 0.214 e. The molecule has 0 radical (unpaired) electrons. The molecule has 0 aromatic heterocycles. The van der Waals surface area contributed by atoms with E-state index in [1.165, 1.54) is 18.4 Å². The van der Waals surface area contributed by atoms with Crippen molar-refractivity contribution < 1.29 is 17.9 Å². The van der Waals surface area contributed by atoms with Gasteiger partial charge in [-0.05, 0) is 6.07 Å². The van der Waals surface area contributed by atoms with E-state index in [-0.39, 0.29) is 5.75 Å². The van der Waals surface area contributed by atoms with E-state index in [2.05, 4.69) is 5.32 Å². The maximum Gasteiger partial charge on any atom is 0.214 e. The van der Waals surface area contributed by atoms with Crippen LogP contribution >= 0.6 is 0 Å². The summed E-state index contributed by atoms with van der Waals surface area (Å²) >= 11 is 0. The molecule has 20 heavy (non-hydrogen) atoms. The van der Waals surface area contributed by atoms with E-state index in [1.54, 1.807) is 20.3 Å². The molecule has 0 saturated heterocycles. The predicted octanol–water partition coefficient (Wildman–Crippen LogP) is 0.685. The number of sulfonamides is 1. The Morgan fingerprint density at radius 2 is 1.90 bits per heavy atom. The van der Waals surface area contributed by atoms with E-state index >= 15 is 0 Å². The fourth-order valence-corrected chi connectivity index (χ4v) is 2.37. The standard InChI is InChI=1S/C13H22N2O4S/c1-15(2)20(16,17)8-7-14-10-11-5-6-12(18-3)9-13(11)19-4/h5-6,9,14H,7-8,10H2,1-4H3.